The molecule has 4 unspecified atom stereocenters. The van der Waals surface area contributed by atoms with Crippen LogP contribution in [-0.2, 0) is 23.8 Å². The lowest BCUT2D eigenvalue weighted by atomic mass is 9.84. The van der Waals surface area contributed by atoms with Crippen LogP contribution in [0.15, 0.2) is 60.7 Å². The molecule has 10 heteroatoms. The molecule has 0 radical (unpaired) electrons. The van der Waals surface area contributed by atoms with E-state index in [-0.39, 0.29) is 46.3 Å². The summed E-state index contributed by atoms with van der Waals surface area (Å²) in [5, 5.41) is 10.8. The molecule has 9 nitrogen and oxygen atoms in total. The van der Waals surface area contributed by atoms with Gasteiger partial charge in [-0.05, 0) is 54.9 Å². The molecule has 0 heterocycles. The van der Waals surface area contributed by atoms with E-state index >= 15 is 0 Å². The molecule has 0 aromatic heterocycles. The van der Waals surface area contributed by atoms with E-state index in [2.05, 4.69) is 37.3 Å². The van der Waals surface area contributed by atoms with Crippen molar-refractivity contribution >= 4 is 35.2 Å². The summed E-state index contributed by atoms with van der Waals surface area (Å²) in [4.78, 5) is 46.6. The van der Waals surface area contributed by atoms with E-state index in [9.17, 15) is 24.5 Å². The Kier molecular flexibility index (Phi) is 14.5. The number of alkyl halides is 1. The highest BCUT2D eigenvalue weighted by Crippen LogP contribution is 2.46. The van der Waals surface area contributed by atoms with Crippen molar-refractivity contribution in [1.82, 2.24) is 0 Å². The van der Waals surface area contributed by atoms with E-state index in [0.717, 1.165) is 43.2 Å². The number of non-ortho nitro benzene ring substituents is 1. The summed E-state index contributed by atoms with van der Waals surface area (Å²) in [5.41, 5.74) is 2.20. The predicted molar refractivity (Wildman–Crippen MR) is 172 cm³/mol. The van der Waals surface area contributed by atoms with Gasteiger partial charge in [0, 0.05) is 49.1 Å². The first-order chi connectivity index (χ1) is 21.6. The summed E-state index contributed by atoms with van der Waals surface area (Å²) in [6.45, 7) is 3.89. The average Bonchev–Trinajstić information content (AvgIpc) is 3.34. The zero-order valence-corrected chi connectivity index (χ0v) is 27.1. The Bertz CT molecular complexity index is 1290. The minimum absolute atomic E-state index is 0.0227. The number of hydrogen-bond acceptors (Lipinski definition) is 8. The Morgan fingerprint density at radius 3 is 2.38 bits per heavy atom. The largest absolute Gasteiger partial charge is 0.469 e. The van der Waals surface area contributed by atoms with Crippen molar-refractivity contribution in [2.75, 3.05) is 13.7 Å². The molecule has 0 amide bonds. The SMILES string of the molecule is CCCCCC(COC(C)=O)c1ccc(C2C(OC(=O)c3ccc([N+](=O)[O-])cc3)CC(Cl)[C@@H]2C/C=C\CCCC(=O)OC)cc1. The lowest BCUT2D eigenvalue weighted by Crippen LogP contribution is -2.24. The van der Waals surface area contributed by atoms with Crippen molar-refractivity contribution < 1.29 is 33.5 Å². The molecule has 1 fully saturated rings. The molecule has 0 bridgehead atoms. The minimum Gasteiger partial charge on any atom is -0.469 e. The van der Waals surface area contributed by atoms with Crippen LogP contribution in [0.5, 0.6) is 0 Å². The zero-order chi connectivity index (χ0) is 32.8. The summed E-state index contributed by atoms with van der Waals surface area (Å²) in [5.74, 6) is -1.22. The topological polar surface area (TPSA) is 122 Å². The van der Waals surface area contributed by atoms with Crippen molar-refractivity contribution in [2.24, 2.45) is 5.92 Å². The molecule has 0 N–H and O–H groups in total. The highest BCUT2D eigenvalue weighted by atomic mass is 35.5. The lowest BCUT2D eigenvalue weighted by Gasteiger charge is -2.26. The van der Waals surface area contributed by atoms with Gasteiger partial charge >= 0.3 is 17.9 Å². The number of allylic oxidation sites excluding steroid dienone is 2. The third-order valence-corrected chi connectivity index (χ3v) is 8.85. The number of carbonyl (C=O) groups excluding carboxylic acids is 3. The Balaban J connectivity index is 1.82. The third-order valence-electron chi connectivity index (χ3n) is 8.35. The van der Waals surface area contributed by atoms with E-state index in [1.807, 2.05) is 6.08 Å². The summed E-state index contributed by atoms with van der Waals surface area (Å²) in [6, 6.07) is 13.6. The molecule has 2 aromatic rings. The molecule has 2 aromatic carbocycles. The number of hydrogen-bond donors (Lipinski definition) is 0. The molecular formula is C35H44ClNO8. The van der Waals surface area contributed by atoms with Gasteiger partial charge in [0.05, 0.1) is 24.2 Å². The number of nitro benzene ring substituents is 1. The molecular weight excluding hydrogens is 598 g/mol. The number of unbranched alkanes of at least 4 members (excludes halogenated alkanes) is 3. The molecule has 0 aliphatic heterocycles. The van der Waals surface area contributed by atoms with E-state index in [4.69, 9.17) is 25.8 Å². The quantitative estimate of drug-likeness (QED) is 0.0323. The number of nitrogens with zero attached hydrogens (tertiary/aromatic N) is 1. The summed E-state index contributed by atoms with van der Waals surface area (Å²) >= 11 is 6.92. The number of carbonyl (C=O) groups is 3. The molecule has 1 saturated carbocycles. The first-order valence-corrected chi connectivity index (χ1v) is 16.1. The van der Waals surface area contributed by atoms with Crippen LogP contribution in [-0.4, -0.2) is 48.0 Å². The Labute approximate surface area is 270 Å². The van der Waals surface area contributed by atoms with Crippen LogP contribution in [0.2, 0.25) is 0 Å². The average molecular weight is 642 g/mol. The van der Waals surface area contributed by atoms with Crippen LogP contribution < -0.4 is 0 Å². The number of benzene rings is 2. The highest BCUT2D eigenvalue weighted by molar-refractivity contribution is 6.21. The number of ether oxygens (including phenoxy) is 3. The third kappa shape index (κ3) is 11.0. The first-order valence-electron chi connectivity index (χ1n) is 15.7. The van der Waals surface area contributed by atoms with Crippen LogP contribution in [0.25, 0.3) is 0 Å². The van der Waals surface area contributed by atoms with Gasteiger partial charge in [-0.15, -0.1) is 11.6 Å². The van der Waals surface area contributed by atoms with Gasteiger partial charge in [0.25, 0.3) is 5.69 Å². The van der Waals surface area contributed by atoms with Gasteiger partial charge in [-0.3, -0.25) is 19.7 Å². The molecule has 3 rings (SSSR count). The summed E-state index contributed by atoms with van der Waals surface area (Å²) < 4.78 is 16.1. The van der Waals surface area contributed by atoms with Crippen LogP contribution in [0, 0.1) is 16.0 Å². The second-order valence-electron chi connectivity index (χ2n) is 11.5. The number of halogens is 1. The maximum absolute atomic E-state index is 13.2. The fraction of sp³-hybridized carbons (Fsp3) is 0.514. The second-order valence-corrected chi connectivity index (χ2v) is 12.1. The molecule has 244 valence electrons. The number of nitro groups is 1. The van der Waals surface area contributed by atoms with Crippen LogP contribution in [0.4, 0.5) is 5.69 Å². The second kappa shape index (κ2) is 18.3. The first kappa shape index (κ1) is 35.8. The molecule has 0 spiro atoms. The normalized spacial score (nSPS) is 20.1. The van der Waals surface area contributed by atoms with Crippen molar-refractivity contribution in [3.8, 4) is 0 Å². The maximum Gasteiger partial charge on any atom is 0.338 e. The van der Waals surface area contributed by atoms with Gasteiger partial charge in [-0.1, -0.05) is 62.6 Å². The van der Waals surface area contributed by atoms with Gasteiger partial charge < -0.3 is 14.2 Å². The van der Waals surface area contributed by atoms with Crippen molar-refractivity contribution in [3.63, 3.8) is 0 Å². The van der Waals surface area contributed by atoms with Crippen LogP contribution >= 0.6 is 11.6 Å². The van der Waals surface area contributed by atoms with Crippen LogP contribution in [0.1, 0.15) is 105 Å². The highest BCUT2D eigenvalue weighted by Gasteiger charge is 2.45. The number of methoxy groups -OCH3 is 1. The molecule has 0 saturated heterocycles. The Morgan fingerprint density at radius 2 is 1.76 bits per heavy atom. The van der Waals surface area contributed by atoms with Crippen molar-refractivity contribution in [2.45, 2.75) is 95.0 Å². The Morgan fingerprint density at radius 1 is 1.04 bits per heavy atom. The maximum atomic E-state index is 13.2. The minimum atomic E-state index is -0.559. The smallest absolute Gasteiger partial charge is 0.338 e. The van der Waals surface area contributed by atoms with Gasteiger partial charge in [-0.25, -0.2) is 4.79 Å². The van der Waals surface area contributed by atoms with Crippen LogP contribution in [0.3, 0.4) is 0 Å². The van der Waals surface area contributed by atoms with E-state index in [0.29, 0.717) is 32.3 Å². The molecule has 1 aliphatic carbocycles. The van der Waals surface area contributed by atoms with Crippen molar-refractivity contribution in [1.29, 1.82) is 0 Å². The predicted octanol–water partition coefficient (Wildman–Crippen LogP) is 8.05. The van der Waals surface area contributed by atoms with E-state index in [1.165, 1.54) is 38.3 Å². The fourth-order valence-electron chi connectivity index (χ4n) is 5.88. The molecule has 45 heavy (non-hydrogen) atoms. The van der Waals surface area contributed by atoms with E-state index < -0.39 is 17.0 Å². The van der Waals surface area contributed by atoms with Gasteiger partial charge in [0.15, 0.2) is 0 Å². The Hall–Kier alpha value is -3.72. The zero-order valence-electron chi connectivity index (χ0n) is 26.3. The van der Waals surface area contributed by atoms with E-state index in [1.54, 1.807) is 0 Å². The molecule has 1 aliphatic rings. The molecule has 5 atom stereocenters. The van der Waals surface area contributed by atoms with Gasteiger partial charge in [0.1, 0.15) is 6.10 Å². The number of esters is 3. The number of rotatable bonds is 17. The van der Waals surface area contributed by atoms with Crippen molar-refractivity contribution in [3.05, 3.63) is 87.5 Å². The van der Waals surface area contributed by atoms with Gasteiger partial charge in [0.2, 0.25) is 0 Å². The fourth-order valence-corrected chi connectivity index (χ4v) is 6.31. The summed E-state index contributed by atoms with van der Waals surface area (Å²) in [7, 11) is 1.38. The van der Waals surface area contributed by atoms with Gasteiger partial charge in [-0.2, -0.15) is 0 Å². The monoisotopic (exact) mass is 641 g/mol. The summed E-state index contributed by atoms with van der Waals surface area (Å²) in [6.07, 6.45) is 10.7. The lowest BCUT2D eigenvalue weighted by molar-refractivity contribution is -0.384. The standard InChI is InChI=1S/C35H44ClNO8/c1-4-5-8-11-28(23-44-24(2)38)25-14-16-26(17-15-25)34-30(12-9-6-7-10-13-33(39)43-3)31(36)22-32(34)45-35(40)27-18-20-29(21-19-27)37(41)42/h6,9,14-21,28,30-32,34H,4-5,7-8,10-13,22-23H2,1-3H3/b9-6-/t28?,30-,31?,32?,34?/m0/s1.